The van der Waals surface area contributed by atoms with E-state index >= 15 is 0 Å². The van der Waals surface area contributed by atoms with Gasteiger partial charge in [0.05, 0.1) is 24.4 Å². The normalized spacial score (nSPS) is 16.7. The fourth-order valence-electron chi connectivity index (χ4n) is 3.33. The first-order valence-electron chi connectivity index (χ1n) is 9.96. The van der Waals surface area contributed by atoms with Gasteiger partial charge < -0.3 is 9.64 Å². The Hall–Kier alpha value is -1.76. The number of amides is 1. The van der Waals surface area contributed by atoms with E-state index in [0.717, 1.165) is 48.3 Å². The topological polar surface area (TPSA) is 45.7 Å². The van der Waals surface area contributed by atoms with Crippen molar-refractivity contribution >= 4 is 17.2 Å². The van der Waals surface area contributed by atoms with E-state index in [9.17, 15) is 4.79 Å². The fourth-order valence-corrected chi connectivity index (χ4v) is 4.26. The van der Waals surface area contributed by atoms with Crippen LogP contribution in [0.15, 0.2) is 36.5 Å². The Labute approximate surface area is 172 Å². The SMILES string of the molecule is CC(CN1CCOCC1)N(Cc1ccccc1)C(=O)c1cnc(C(C)(C)C)s1. The summed E-state index contributed by atoms with van der Waals surface area (Å²) < 4.78 is 5.46. The lowest BCUT2D eigenvalue weighted by molar-refractivity contribution is 0.0229. The molecular formula is C22H31N3O2S. The van der Waals surface area contributed by atoms with Gasteiger partial charge in [0.25, 0.3) is 5.91 Å². The van der Waals surface area contributed by atoms with E-state index in [-0.39, 0.29) is 17.4 Å². The molecule has 152 valence electrons. The zero-order valence-electron chi connectivity index (χ0n) is 17.4. The van der Waals surface area contributed by atoms with Crippen molar-refractivity contribution < 1.29 is 9.53 Å². The lowest BCUT2D eigenvalue weighted by Gasteiger charge is -2.35. The number of hydrogen-bond acceptors (Lipinski definition) is 5. The lowest BCUT2D eigenvalue weighted by atomic mass is 9.98. The molecule has 0 spiro atoms. The molecule has 0 radical (unpaired) electrons. The number of thiazole rings is 1. The monoisotopic (exact) mass is 401 g/mol. The van der Waals surface area contributed by atoms with E-state index < -0.39 is 0 Å². The molecule has 2 heterocycles. The number of carbonyl (C=O) groups excluding carboxylic acids is 1. The highest BCUT2D eigenvalue weighted by atomic mass is 32.1. The molecule has 1 saturated heterocycles. The second-order valence-corrected chi connectivity index (χ2v) is 9.49. The predicted octanol–water partition coefficient (Wildman–Crippen LogP) is 3.80. The maximum atomic E-state index is 13.4. The summed E-state index contributed by atoms with van der Waals surface area (Å²) in [6.45, 7) is 13.4. The molecule has 6 heteroatoms. The summed E-state index contributed by atoms with van der Waals surface area (Å²) >= 11 is 1.51. The summed E-state index contributed by atoms with van der Waals surface area (Å²) in [7, 11) is 0. The molecule has 0 aliphatic carbocycles. The molecule has 0 saturated carbocycles. The zero-order chi connectivity index (χ0) is 20.1. The van der Waals surface area contributed by atoms with Crippen LogP contribution in [0.1, 0.15) is 47.9 Å². The Morgan fingerprint density at radius 1 is 1.25 bits per heavy atom. The van der Waals surface area contributed by atoms with Crippen molar-refractivity contribution in [3.05, 3.63) is 52.0 Å². The van der Waals surface area contributed by atoms with Crippen molar-refractivity contribution in [2.24, 2.45) is 0 Å². The van der Waals surface area contributed by atoms with Crippen LogP contribution in [0.3, 0.4) is 0 Å². The largest absolute Gasteiger partial charge is 0.379 e. The summed E-state index contributed by atoms with van der Waals surface area (Å²) in [5.74, 6) is 0.0672. The molecular weight excluding hydrogens is 370 g/mol. The first-order valence-corrected chi connectivity index (χ1v) is 10.8. The van der Waals surface area contributed by atoms with Crippen molar-refractivity contribution in [3.8, 4) is 0 Å². The van der Waals surface area contributed by atoms with E-state index in [1.807, 2.05) is 23.1 Å². The molecule has 1 aliphatic rings. The molecule has 0 bridgehead atoms. The number of benzene rings is 1. The third-order valence-corrected chi connectivity index (χ3v) is 6.38. The van der Waals surface area contributed by atoms with Crippen molar-refractivity contribution in [1.29, 1.82) is 0 Å². The highest BCUT2D eigenvalue weighted by Gasteiger charge is 2.27. The lowest BCUT2D eigenvalue weighted by Crippen LogP contribution is -2.47. The van der Waals surface area contributed by atoms with Gasteiger partial charge in [-0.1, -0.05) is 51.1 Å². The van der Waals surface area contributed by atoms with Gasteiger partial charge >= 0.3 is 0 Å². The molecule has 5 nitrogen and oxygen atoms in total. The molecule has 1 aliphatic heterocycles. The second-order valence-electron chi connectivity index (χ2n) is 8.46. The van der Waals surface area contributed by atoms with Crippen LogP contribution in [0.2, 0.25) is 0 Å². The Morgan fingerprint density at radius 3 is 2.54 bits per heavy atom. The van der Waals surface area contributed by atoms with Crippen LogP contribution in [0.25, 0.3) is 0 Å². The van der Waals surface area contributed by atoms with Gasteiger partial charge in [0.2, 0.25) is 0 Å². The van der Waals surface area contributed by atoms with Crippen molar-refractivity contribution in [2.45, 2.75) is 45.7 Å². The molecule has 1 aromatic carbocycles. The smallest absolute Gasteiger partial charge is 0.266 e. The second kappa shape index (κ2) is 9.16. The van der Waals surface area contributed by atoms with Crippen LogP contribution in [0, 0.1) is 0 Å². The number of rotatable bonds is 6. The molecule has 2 aromatic rings. The quantitative estimate of drug-likeness (QED) is 0.739. The maximum absolute atomic E-state index is 13.4. The molecule has 1 fully saturated rings. The van der Waals surface area contributed by atoms with Crippen molar-refractivity contribution in [1.82, 2.24) is 14.8 Å². The number of morpholine rings is 1. The average molecular weight is 402 g/mol. The highest BCUT2D eigenvalue weighted by molar-refractivity contribution is 7.13. The van der Waals surface area contributed by atoms with Crippen LogP contribution in [0.4, 0.5) is 0 Å². The molecule has 3 rings (SSSR count). The highest BCUT2D eigenvalue weighted by Crippen LogP contribution is 2.28. The van der Waals surface area contributed by atoms with Gasteiger partial charge in [-0.2, -0.15) is 0 Å². The minimum atomic E-state index is -0.0487. The van der Waals surface area contributed by atoms with Crippen LogP contribution >= 0.6 is 11.3 Å². The predicted molar refractivity (Wildman–Crippen MR) is 114 cm³/mol. The van der Waals surface area contributed by atoms with Crippen LogP contribution in [-0.2, 0) is 16.7 Å². The Morgan fingerprint density at radius 2 is 1.93 bits per heavy atom. The van der Waals surface area contributed by atoms with Gasteiger partial charge in [0.1, 0.15) is 4.88 Å². The first kappa shape index (κ1) is 21.0. The van der Waals surface area contributed by atoms with Gasteiger partial charge in [0.15, 0.2) is 0 Å². The van der Waals surface area contributed by atoms with E-state index in [0.29, 0.717) is 6.54 Å². The van der Waals surface area contributed by atoms with Crippen molar-refractivity contribution in [2.75, 3.05) is 32.8 Å². The van der Waals surface area contributed by atoms with E-state index in [1.54, 1.807) is 6.20 Å². The zero-order valence-corrected chi connectivity index (χ0v) is 18.2. The maximum Gasteiger partial charge on any atom is 0.266 e. The summed E-state index contributed by atoms with van der Waals surface area (Å²) in [4.78, 5) is 23.0. The molecule has 1 aromatic heterocycles. The molecule has 1 atom stereocenters. The van der Waals surface area contributed by atoms with Crippen LogP contribution < -0.4 is 0 Å². The Bertz CT molecular complexity index is 764. The molecule has 0 N–H and O–H groups in total. The van der Waals surface area contributed by atoms with E-state index in [1.165, 1.54) is 11.3 Å². The number of carbonyl (C=O) groups is 1. The van der Waals surface area contributed by atoms with E-state index in [2.05, 4.69) is 49.7 Å². The first-order chi connectivity index (χ1) is 13.3. The average Bonchev–Trinajstić information content (AvgIpc) is 3.18. The molecule has 1 unspecified atom stereocenters. The standard InChI is InChI=1S/C22H31N3O2S/c1-17(15-24-10-12-27-13-11-24)25(16-18-8-6-5-7-9-18)20(26)19-14-23-21(28-19)22(2,3)4/h5-9,14,17H,10-13,15-16H2,1-4H3. The third-order valence-electron chi connectivity index (χ3n) is 4.97. The fraction of sp³-hybridized carbons (Fsp3) is 0.545. The molecule has 28 heavy (non-hydrogen) atoms. The van der Waals surface area contributed by atoms with Gasteiger partial charge in [-0.3, -0.25) is 9.69 Å². The van der Waals surface area contributed by atoms with Gasteiger partial charge in [-0.15, -0.1) is 11.3 Å². The van der Waals surface area contributed by atoms with Gasteiger partial charge in [-0.05, 0) is 12.5 Å². The number of nitrogens with zero attached hydrogens (tertiary/aromatic N) is 3. The minimum absolute atomic E-state index is 0.0487. The van der Waals surface area contributed by atoms with Gasteiger partial charge in [-0.25, -0.2) is 4.98 Å². The summed E-state index contributed by atoms with van der Waals surface area (Å²) in [5.41, 5.74) is 1.10. The minimum Gasteiger partial charge on any atom is -0.379 e. The number of ether oxygens (including phenoxy) is 1. The van der Waals surface area contributed by atoms with Crippen molar-refractivity contribution in [3.63, 3.8) is 0 Å². The summed E-state index contributed by atoms with van der Waals surface area (Å²) in [5, 5.41) is 0.997. The Kier molecular flexibility index (Phi) is 6.86. The number of aromatic nitrogens is 1. The Balaban J connectivity index is 1.80. The summed E-state index contributed by atoms with van der Waals surface area (Å²) in [6, 6.07) is 10.3. The number of hydrogen-bond donors (Lipinski definition) is 0. The van der Waals surface area contributed by atoms with Gasteiger partial charge in [0, 0.05) is 37.6 Å². The molecule has 1 amide bonds. The summed E-state index contributed by atoms with van der Waals surface area (Å²) in [6.07, 6.45) is 1.74. The van der Waals surface area contributed by atoms with Crippen LogP contribution in [-0.4, -0.2) is 59.6 Å². The van der Waals surface area contributed by atoms with Crippen LogP contribution in [0.5, 0.6) is 0 Å². The van der Waals surface area contributed by atoms with E-state index in [4.69, 9.17) is 4.74 Å². The third kappa shape index (κ3) is 5.40.